The lowest BCUT2D eigenvalue weighted by Gasteiger charge is -2.31. The van der Waals surface area contributed by atoms with Crippen LogP contribution in [0.4, 0.5) is 5.13 Å². The molecular formula is C12H20N4S. The summed E-state index contributed by atoms with van der Waals surface area (Å²) >= 11 is 1.71. The van der Waals surface area contributed by atoms with Gasteiger partial charge in [0.15, 0.2) is 0 Å². The maximum absolute atomic E-state index is 4.23. The quantitative estimate of drug-likeness (QED) is 0.887. The Morgan fingerprint density at radius 2 is 2.00 bits per heavy atom. The van der Waals surface area contributed by atoms with Crippen molar-refractivity contribution in [1.82, 2.24) is 15.5 Å². The normalized spacial score (nSPS) is 22.1. The Morgan fingerprint density at radius 3 is 2.59 bits per heavy atom. The van der Waals surface area contributed by atoms with Gasteiger partial charge in [-0.3, -0.25) is 0 Å². The minimum Gasteiger partial charge on any atom is -0.347 e. The summed E-state index contributed by atoms with van der Waals surface area (Å²) in [5.41, 5.74) is 0. The van der Waals surface area contributed by atoms with Crippen molar-refractivity contribution in [2.75, 3.05) is 24.5 Å². The molecule has 5 heteroatoms. The first-order valence-corrected chi connectivity index (χ1v) is 7.41. The second kappa shape index (κ2) is 4.90. The van der Waals surface area contributed by atoms with Gasteiger partial charge < -0.3 is 10.2 Å². The van der Waals surface area contributed by atoms with Crippen LogP contribution in [0, 0.1) is 12.8 Å². The molecule has 1 N–H and O–H groups in total. The van der Waals surface area contributed by atoms with Crippen LogP contribution in [0.2, 0.25) is 0 Å². The summed E-state index contributed by atoms with van der Waals surface area (Å²) in [6, 6.07) is 0.846. The minimum atomic E-state index is 0.846. The van der Waals surface area contributed by atoms with Gasteiger partial charge in [-0.15, -0.1) is 10.2 Å². The SMILES string of the molecule is Cc1nnc(N2CCC(CNC3CC3)CC2)s1. The van der Waals surface area contributed by atoms with Crippen LogP contribution in [-0.4, -0.2) is 35.9 Å². The third kappa shape index (κ3) is 2.96. The zero-order valence-corrected chi connectivity index (χ0v) is 11.2. The average molecular weight is 252 g/mol. The fraction of sp³-hybridized carbons (Fsp3) is 0.833. The molecule has 1 aromatic rings. The molecule has 2 fully saturated rings. The Balaban J connectivity index is 1.46. The highest BCUT2D eigenvalue weighted by atomic mass is 32.1. The van der Waals surface area contributed by atoms with Gasteiger partial charge in [-0.1, -0.05) is 11.3 Å². The summed E-state index contributed by atoms with van der Waals surface area (Å²) < 4.78 is 0. The largest absolute Gasteiger partial charge is 0.347 e. The van der Waals surface area contributed by atoms with E-state index in [4.69, 9.17) is 0 Å². The van der Waals surface area contributed by atoms with Gasteiger partial charge in [0.05, 0.1) is 0 Å². The third-order valence-electron chi connectivity index (χ3n) is 3.67. The number of anilines is 1. The molecule has 4 nitrogen and oxygen atoms in total. The second-order valence-corrected chi connectivity index (χ2v) is 6.38. The predicted molar refractivity (Wildman–Crippen MR) is 70.6 cm³/mol. The molecule has 0 amide bonds. The van der Waals surface area contributed by atoms with Crippen molar-refractivity contribution in [2.24, 2.45) is 5.92 Å². The average Bonchev–Trinajstić information content (AvgIpc) is 3.09. The van der Waals surface area contributed by atoms with Crippen LogP contribution in [0.5, 0.6) is 0 Å². The van der Waals surface area contributed by atoms with Gasteiger partial charge in [0.2, 0.25) is 5.13 Å². The summed E-state index contributed by atoms with van der Waals surface area (Å²) in [7, 11) is 0. The van der Waals surface area contributed by atoms with Crippen LogP contribution in [0.15, 0.2) is 0 Å². The molecule has 1 aliphatic carbocycles. The first-order valence-electron chi connectivity index (χ1n) is 6.59. The smallest absolute Gasteiger partial charge is 0.208 e. The number of aromatic nitrogens is 2. The maximum atomic E-state index is 4.23. The lowest BCUT2D eigenvalue weighted by atomic mass is 9.97. The van der Waals surface area contributed by atoms with Crippen molar-refractivity contribution in [2.45, 2.75) is 38.6 Å². The molecule has 0 unspecified atom stereocenters. The molecule has 0 atom stereocenters. The number of hydrogen-bond donors (Lipinski definition) is 1. The standard InChI is InChI=1S/C12H20N4S/c1-9-14-15-12(17-9)16-6-4-10(5-7-16)8-13-11-2-3-11/h10-11,13H,2-8H2,1H3. The zero-order valence-electron chi connectivity index (χ0n) is 10.4. The molecule has 0 radical (unpaired) electrons. The molecule has 1 aromatic heterocycles. The van der Waals surface area contributed by atoms with Crippen LogP contribution >= 0.6 is 11.3 Å². The lowest BCUT2D eigenvalue weighted by molar-refractivity contribution is 0.381. The van der Waals surface area contributed by atoms with Crippen LogP contribution < -0.4 is 10.2 Å². The molecule has 17 heavy (non-hydrogen) atoms. The number of piperidine rings is 1. The molecule has 94 valence electrons. The van der Waals surface area contributed by atoms with Crippen molar-refractivity contribution in [1.29, 1.82) is 0 Å². The van der Waals surface area contributed by atoms with Gasteiger partial charge in [-0.2, -0.15) is 0 Å². The Morgan fingerprint density at radius 1 is 1.24 bits per heavy atom. The van der Waals surface area contributed by atoms with Crippen LogP contribution in [0.3, 0.4) is 0 Å². The summed E-state index contributed by atoms with van der Waals surface area (Å²) in [6.07, 6.45) is 5.36. The number of hydrogen-bond acceptors (Lipinski definition) is 5. The molecule has 0 bridgehead atoms. The van der Waals surface area contributed by atoms with E-state index in [2.05, 4.69) is 20.4 Å². The minimum absolute atomic E-state index is 0.846. The van der Waals surface area contributed by atoms with Crippen molar-refractivity contribution in [3.63, 3.8) is 0 Å². The molecule has 1 saturated carbocycles. The van der Waals surface area contributed by atoms with Gasteiger partial charge in [-0.25, -0.2) is 0 Å². The Labute approximate surface area is 106 Å². The fourth-order valence-electron chi connectivity index (χ4n) is 2.36. The fourth-order valence-corrected chi connectivity index (χ4v) is 3.10. The molecule has 3 rings (SSSR count). The van der Waals surface area contributed by atoms with Crippen molar-refractivity contribution >= 4 is 16.5 Å². The highest BCUT2D eigenvalue weighted by Gasteiger charge is 2.25. The monoisotopic (exact) mass is 252 g/mol. The van der Waals surface area contributed by atoms with Gasteiger partial charge in [0.1, 0.15) is 5.01 Å². The van der Waals surface area contributed by atoms with E-state index in [-0.39, 0.29) is 0 Å². The summed E-state index contributed by atoms with van der Waals surface area (Å²) in [5, 5.41) is 14.1. The molecule has 0 spiro atoms. The third-order valence-corrected chi connectivity index (χ3v) is 4.57. The predicted octanol–water partition coefficient (Wildman–Crippen LogP) is 1.81. The molecule has 2 aliphatic rings. The van der Waals surface area contributed by atoms with Crippen molar-refractivity contribution in [3.8, 4) is 0 Å². The molecular weight excluding hydrogens is 232 g/mol. The van der Waals surface area contributed by atoms with E-state index in [1.165, 1.54) is 32.2 Å². The van der Waals surface area contributed by atoms with Crippen LogP contribution in [0.25, 0.3) is 0 Å². The molecule has 2 heterocycles. The summed E-state index contributed by atoms with van der Waals surface area (Å²) in [4.78, 5) is 2.39. The highest BCUT2D eigenvalue weighted by Crippen LogP contribution is 2.26. The van der Waals surface area contributed by atoms with E-state index >= 15 is 0 Å². The molecule has 1 aliphatic heterocycles. The van der Waals surface area contributed by atoms with Gasteiger partial charge in [0.25, 0.3) is 0 Å². The van der Waals surface area contributed by atoms with Crippen molar-refractivity contribution < 1.29 is 0 Å². The number of aryl methyl sites for hydroxylation is 1. The summed E-state index contributed by atoms with van der Waals surface area (Å²) in [6.45, 7) is 5.53. The Kier molecular flexibility index (Phi) is 3.29. The number of rotatable bonds is 4. The molecule has 1 saturated heterocycles. The first-order chi connectivity index (χ1) is 8.31. The van der Waals surface area contributed by atoms with Crippen molar-refractivity contribution in [3.05, 3.63) is 5.01 Å². The van der Waals surface area contributed by atoms with E-state index in [0.29, 0.717) is 0 Å². The zero-order chi connectivity index (χ0) is 11.7. The van der Waals surface area contributed by atoms with Gasteiger partial charge in [0, 0.05) is 19.1 Å². The van der Waals surface area contributed by atoms with E-state index in [1.54, 1.807) is 11.3 Å². The molecule has 0 aromatic carbocycles. The van der Waals surface area contributed by atoms with Gasteiger partial charge in [-0.05, 0) is 45.1 Å². The van der Waals surface area contributed by atoms with E-state index < -0.39 is 0 Å². The number of nitrogens with one attached hydrogen (secondary N) is 1. The lowest BCUT2D eigenvalue weighted by Crippen LogP contribution is -2.37. The number of nitrogens with zero attached hydrogens (tertiary/aromatic N) is 3. The second-order valence-electron chi connectivity index (χ2n) is 5.22. The van der Waals surface area contributed by atoms with Crippen LogP contribution in [-0.2, 0) is 0 Å². The maximum Gasteiger partial charge on any atom is 0.208 e. The van der Waals surface area contributed by atoms with Crippen LogP contribution in [0.1, 0.15) is 30.7 Å². The van der Waals surface area contributed by atoms with E-state index in [1.807, 2.05) is 6.92 Å². The first kappa shape index (κ1) is 11.4. The highest BCUT2D eigenvalue weighted by molar-refractivity contribution is 7.15. The Hall–Kier alpha value is -0.680. The summed E-state index contributed by atoms with van der Waals surface area (Å²) in [5.74, 6) is 0.862. The van der Waals surface area contributed by atoms with Gasteiger partial charge >= 0.3 is 0 Å². The Bertz CT molecular complexity index is 366. The van der Waals surface area contributed by atoms with E-state index in [0.717, 1.165) is 35.2 Å². The topological polar surface area (TPSA) is 41.1 Å². The van der Waals surface area contributed by atoms with E-state index in [9.17, 15) is 0 Å².